The van der Waals surface area contributed by atoms with Crippen LogP contribution in [0.15, 0.2) is 22.0 Å². The van der Waals surface area contributed by atoms with Gasteiger partial charge in [0.05, 0.1) is 18.6 Å². The molecule has 120 valence electrons. The van der Waals surface area contributed by atoms with Crippen molar-refractivity contribution in [1.29, 1.82) is 0 Å². The first-order valence-electron chi connectivity index (χ1n) is 7.42. The zero-order valence-electron chi connectivity index (χ0n) is 13.3. The van der Waals surface area contributed by atoms with Gasteiger partial charge in [0, 0.05) is 24.8 Å². The van der Waals surface area contributed by atoms with Gasteiger partial charge in [0.15, 0.2) is 0 Å². The van der Waals surface area contributed by atoms with E-state index in [4.69, 9.17) is 0 Å². The van der Waals surface area contributed by atoms with Crippen molar-refractivity contribution in [3.05, 3.63) is 61.2 Å². The molecule has 0 bridgehead atoms. The summed E-state index contributed by atoms with van der Waals surface area (Å²) in [5.41, 5.74) is 2.41. The topological polar surface area (TPSA) is 88.1 Å². The van der Waals surface area contributed by atoms with Crippen molar-refractivity contribution in [3.63, 3.8) is 0 Å². The normalized spacial score (nSPS) is 13.8. The van der Waals surface area contributed by atoms with Gasteiger partial charge in [-0.15, -0.1) is 0 Å². The average Bonchev–Trinajstić information content (AvgIpc) is 2.52. The van der Waals surface area contributed by atoms with Gasteiger partial charge in [-0.3, -0.25) is 14.4 Å². The van der Waals surface area contributed by atoms with Gasteiger partial charge in [-0.05, 0) is 31.9 Å². The number of aromatic amines is 1. The van der Waals surface area contributed by atoms with E-state index in [1.165, 1.54) is 10.9 Å². The Morgan fingerprint density at radius 1 is 1.30 bits per heavy atom. The lowest BCUT2D eigenvalue weighted by atomic mass is 10.0. The summed E-state index contributed by atoms with van der Waals surface area (Å²) in [6, 6.07) is 1.83. The van der Waals surface area contributed by atoms with E-state index in [-0.39, 0.29) is 29.1 Å². The van der Waals surface area contributed by atoms with Crippen molar-refractivity contribution in [1.82, 2.24) is 19.4 Å². The van der Waals surface area contributed by atoms with E-state index in [9.17, 15) is 14.4 Å². The number of aryl methyl sites for hydroxylation is 2. The number of hydrogen-bond donors (Lipinski definition) is 1. The van der Waals surface area contributed by atoms with Crippen molar-refractivity contribution < 1.29 is 4.79 Å². The molecule has 3 heterocycles. The predicted molar refractivity (Wildman–Crippen MR) is 84.5 cm³/mol. The number of amides is 1. The summed E-state index contributed by atoms with van der Waals surface area (Å²) in [5.74, 6) is -0.309. The fourth-order valence-electron chi connectivity index (χ4n) is 2.94. The van der Waals surface area contributed by atoms with Gasteiger partial charge < -0.3 is 14.5 Å². The molecule has 0 spiro atoms. The molecule has 0 atom stereocenters. The zero-order chi connectivity index (χ0) is 16.7. The fourth-order valence-corrected chi connectivity index (χ4v) is 2.94. The molecular weight excluding hydrogens is 296 g/mol. The van der Waals surface area contributed by atoms with E-state index < -0.39 is 0 Å². The molecule has 1 N–H and O–H groups in total. The number of hydrogen-bond acceptors (Lipinski definition) is 4. The molecule has 1 aliphatic heterocycles. The summed E-state index contributed by atoms with van der Waals surface area (Å²) in [6.07, 6.45) is 1.78. The second kappa shape index (κ2) is 5.49. The van der Waals surface area contributed by atoms with Crippen LogP contribution in [0.4, 0.5) is 0 Å². The number of carbonyl (C=O) groups excluding carboxylic acids is 1. The third kappa shape index (κ3) is 2.48. The van der Waals surface area contributed by atoms with E-state index in [0.29, 0.717) is 29.8 Å². The van der Waals surface area contributed by atoms with E-state index in [0.717, 1.165) is 5.69 Å². The lowest BCUT2D eigenvalue weighted by Gasteiger charge is -2.28. The molecule has 0 saturated heterocycles. The highest BCUT2D eigenvalue weighted by atomic mass is 16.2. The van der Waals surface area contributed by atoms with Gasteiger partial charge in [0.1, 0.15) is 5.56 Å². The van der Waals surface area contributed by atoms with Crippen LogP contribution in [0.2, 0.25) is 0 Å². The number of pyridine rings is 1. The maximum Gasteiger partial charge on any atom is 0.263 e. The standard InChI is InChI=1S/C16H18N4O3/c1-9-6-10(2)19(3)15(22)13(9)16(23)20-5-4-11-12(7-20)17-8-18-14(11)21/h6,8H,4-5,7H2,1-3H3,(H,17,18,21). The minimum absolute atomic E-state index is 0.162. The van der Waals surface area contributed by atoms with E-state index >= 15 is 0 Å². The Kier molecular flexibility index (Phi) is 3.63. The molecule has 7 heteroatoms. The zero-order valence-corrected chi connectivity index (χ0v) is 13.3. The minimum atomic E-state index is -0.309. The van der Waals surface area contributed by atoms with Crippen LogP contribution in [0, 0.1) is 13.8 Å². The molecule has 2 aromatic rings. The largest absolute Gasteiger partial charge is 0.332 e. The first-order valence-corrected chi connectivity index (χ1v) is 7.42. The van der Waals surface area contributed by atoms with Crippen LogP contribution in [0.5, 0.6) is 0 Å². The van der Waals surface area contributed by atoms with Gasteiger partial charge in [-0.1, -0.05) is 0 Å². The minimum Gasteiger partial charge on any atom is -0.332 e. The smallest absolute Gasteiger partial charge is 0.263 e. The Labute approximate surface area is 132 Å². The number of rotatable bonds is 1. The van der Waals surface area contributed by atoms with Crippen LogP contribution >= 0.6 is 0 Å². The fraction of sp³-hybridized carbons (Fsp3) is 0.375. The number of aromatic nitrogens is 3. The third-order valence-corrected chi connectivity index (χ3v) is 4.38. The highest BCUT2D eigenvalue weighted by Crippen LogP contribution is 2.16. The van der Waals surface area contributed by atoms with Gasteiger partial charge in [-0.2, -0.15) is 0 Å². The summed E-state index contributed by atoms with van der Waals surface area (Å²) in [6.45, 7) is 4.24. The number of nitrogens with one attached hydrogen (secondary N) is 1. The van der Waals surface area contributed by atoms with Crippen LogP contribution < -0.4 is 11.1 Å². The number of H-pyrrole nitrogens is 1. The monoisotopic (exact) mass is 314 g/mol. The summed E-state index contributed by atoms with van der Waals surface area (Å²) in [7, 11) is 1.65. The van der Waals surface area contributed by atoms with Crippen molar-refractivity contribution in [2.75, 3.05) is 6.54 Å². The molecule has 0 unspecified atom stereocenters. The molecule has 0 aliphatic carbocycles. The Morgan fingerprint density at radius 3 is 2.78 bits per heavy atom. The second-order valence-electron chi connectivity index (χ2n) is 5.84. The van der Waals surface area contributed by atoms with Gasteiger partial charge in [0.2, 0.25) is 0 Å². The molecule has 0 radical (unpaired) electrons. The third-order valence-electron chi connectivity index (χ3n) is 4.38. The van der Waals surface area contributed by atoms with Crippen molar-refractivity contribution >= 4 is 5.91 Å². The van der Waals surface area contributed by atoms with Crippen LogP contribution in [0.1, 0.15) is 32.9 Å². The lowest BCUT2D eigenvalue weighted by Crippen LogP contribution is -2.42. The lowest BCUT2D eigenvalue weighted by molar-refractivity contribution is 0.0728. The molecule has 23 heavy (non-hydrogen) atoms. The van der Waals surface area contributed by atoms with Crippen LogP contribution in [0.3, 0.4) is 0 Å². The summed E-state index contributed by atoms with van der Waals surface area (Å²) in [4.78, 5) is 45.3. The maximum atomic E-state index is 12.8. The molecule has 1 aliphatic rings. The molecule has 7 nitrogen and oxygen atoms in total. The van der Waals surface area contributed by atoms with Crippen LogP contribution in [-0.2, 0) is 20.0 Å². The van der Waals surface area contributed by atoms with Crippen LogP contribution in [-0.4, -0.2) is 31.9 Å². The van der Waals surface area contributed by atoms with Crippen molar-refractivity contribution in [2.24, 2.45) is 7.05 Å². The van der Waals surface area contributed by atoms with Crippen LogP contribution in [0.25, 0.3) is 0 Å². The number of carbonyl (C=O) groups is 1. The molecular formula is C16H18N4O3. The number of fused-ring (bicyclic) bond motifs is 1. The van der Waals surface area contributed by atoms with E-state index in [1.54, 1.807) is 18.9 Å². The SMILES string of the molecule is Cc1cc(C)n(C)c(=O)c1C(=O)N1CCc2c(nc[nH]c2=O)C1. The van der Waals surface area contributed by atoms with Gasteiger partial charge >= 0.3 is 0 Å². The Morgan fingerprint density at radius 2 is 2.04 bits per heavy atom. The predicted octanol–water partition coefficient (Wildman–Crippen LogP) is 0.284. The first kappa shape index (κ1) is 15.2. The molecule has 0 aromatic carbocycles. The Hall–Kier alpha value is -2.70. The maximum absolute atomic E-state index is 12.8. The first-order chi connectivity index (χ1) is 10.9. The second-order valence-corrected chi connectivity index (χ2v) is 5.84. The molecule has 0 saturated carbocycles. The average molecular weight is 314 g/mol. The molecule has 2 aromatic heterocycles. The summed E-state index contributed by atoms with van der Waals surface area (Å²) in [5, 5.41) is 0. The molecule has 0 fully saturated rings. The Balaban J connectivity index is 1.99. The number of nitrogens with zero attached hydrogens (tertiary/aromatic N) is 3. The van der Waals surface area contributed by atoms with Crippen molar-refractivity contribution in [3.8, 4) is 0 Å². The van der Waals surface area contributed by atoms with Crippen molar-refractivity contribution in [2.45, 2.75) is 26.8 Å². The quantitative estimate of drug-likeness (QED) is 0.819. The summed E-state index contributed by atoms with van der Waals surface area (Å²) >= 11 is 0. The van der Waals surface area contributed by atoms with E-state index in [2.05, 4.69) is 9.97 Å². The van der Waals surface area contributed by atoms with Gasteiger partial charge in [0.25, 0.3) is 17.0 Å². The summed E-state index contributed by atoms with van der Waals surface area (Å²) < 4.78 is 1.47. The van der Waals surface area contributed by atoms with Gasteiger partial charge in [-0.25, -0.2) is 4.98 Å². The molecule has 1 amide bonds. The Bertz CT molecular complexity index is 911. The highest BCUT2D eigenvalue weighted by molar-refractivity contribution is 5.95. The van der Waals surface area contributed by atoms with E-state index in [1.807, 2.05) is 13.0 Å². The highest BCUT2D eigenvalue weighted by Gasteiger charge is 2.27. The molecule has 3 rings (SSSR count).